The van der Waals surface area contributed by atoms with Crippen molar-refractivity contribution in [2.75, 3.05) is 7.05 Å². The van der Waals surface area contributed by atoms with Gasteiger partial charge in [-0.1, -0.05) is 31.2 Å². The summed E-state index contributed by atoms with van der Waals surface area (Å²) in [6.45, 7) is 4.52. The molecular weight excluding hydrogens is 194 g/mol. The Balaban J connectivity index is 2.03. The molecule has 0 aliphatic heterocycles. The topological polar surface area (TPSA) is 12.0 Å². The summed E-state index contributed by atoms with van der Waals surface area (Å²) in [5.74, 6) is 0. The molecule has 1 N–H and O–H groups in total. The van der Waals surface area contributed by atoms with Gasteiger partial charge in [-0.05, 0) is 56.2 Å². The number of benzene rings is 1. The highest BCUT2D eigenvalue weighted by Crippen LogP contribution is 2.51. The van der Waals surface area contributed by atoms with Gasteiger partial charge in [-0.3, -0.25) is 0 Å². The lowest BCUT2D eigenvalue weighted by atomic mass is 9.89. The van der Waals surface area contributed by atoms with Gasteiger partial charge in [-0.15, -0.1) is 0 Å². The van der Waals surface area contributed by atoms with E-state index in [1.165, 1.54) is 30.4 Å². The molecule has 1 aliphatic rings. The first kappa shape index (κ1) is 11.7. The normalized spacial score (nSPS) is 19.4. The average molecular weight is 217 g/mol. The van der Waals surface area contributed by atoms with Gasteiger partial charge in [0.2, 0.25) is 0 Å². The lowest BCUT2D eigenvalue weighted by molar-refractivity contribution is 0.369. The van der Waals surface area contributed by atoms with E-state index in [9.17, 15) is 0 Å². The van der Waals surface area contributed by atoms with Crippen LogP contribution in [0.2, 0.25) is 0 Å². The van der Waals surface area contributed by atoms with Crippen LogP contribution in [0.4, 0.5) is 0 Å². The predicted octanol–water partition coefficient (Wildman–Crippen LogP) is 3.18. The van der Waals surface area contributed by atoms with Gasteiger partial charge in [0.05, 0.1) is 0 Å². The second kappa shape index (κ2) is 4.58. The highest BCUT2D eigenvalue weighted by Gasteiger charge is 2.46. The minimum Gasteiger partial charge on any atom is -0.317 e. The van der Waals surface area contributed by atoms with Gasteiger partial charge < -0.3 is 5.32 Å². The Morgan fingerprint density at radius 2 is 1.75 bits per heavy atom. The van der Waals surface area contributed by atoms with Crippen molar-refractivity contribution >= 4 is 0 Å². The lowest BCUT2D eigenvalue weighted by Gasteiger charge is -2.23. The first-order valence-corrected chi connectivity index (χ1v) is 6.45. The van der Waals surface area contributed by atoms with Gasteiger partial charge in [-0.2, -0.15) is 0 Å². The molecule has 1 aromatic carbocycles. The van der Waals surface area contributed by atoms with Crippen molar-refractivity contribution in [3.63, 3.8) is 0 Å². The third kappa shape index (κ3) is 2.30. The molecule has 2 rings (SSSR count). The van der Waals surface area contributed by atoms with Crippen LogP contribution in [0.1, 0.15) is 37.8 Å². The van der Waals surface area contributed by atoms with Crippen molar-refractivity contribution in [2.45, 2.75) is 45.6 Å². The summed E-state index contributed by atoms with van der Waals surface area (Å²) in [6.07, 6.45) is 5.13. The summed E-state index contributed by atoms with van der Waals surface area (Å²) in [5.41, 5.74) is 3.48. The largest absolute Gasteiger partial charge is 0.317 e. The first-order valence-electron chi connectivity index (χ1n) is 6.45. The van der Waals surface area contributed by atoms with Crippen molar-refractivity contribution in [1.82, 2.24) is 5.32 Å². The molecule has 1 heteroatoms. The van der Waals surface area contributed by atoms with Gasteiger partial charge in [0.15, 0.2) is 0 Å². The smallest absolute Gasteiger partial charge is 0.00953 e. The fourth-order valence-corrected chi connectivity index (χ4v) is 2.53. The molecule has 0 bridgehead atoms. The zero-order valence-electron chi connectivity index (χ0n) is 10.7. The molecule has 1 atom stereocenters. The summed E-state index contributed by atoms with van der Waals surface area (Å²) in [6, 6.07) is 9.80. The standard InChI is InChI=1S/C15H23N/c1-4-13-5-7-14(8-6-13)11-15(9-10-15)12(2)16-3/h5-8,12,16H,4,9-11H2,1-3H3. The second-order valence-electron chi connectivity index (χ2n) is 5.22. The number of aryl methyl sites for hydroxylation is 1. The maximum atomic E-state index is 3.41. The Kier molecular flexibility index (Phi) is 3.34. The molecule has 88 valence electrons. The Morgan fingerprint density at radius 3 is 2.19 bits per heavy atom. The van der Waals surface area contributed by atoms with Gasteiger partial charge in [0.25, 0.3) is 0 Å². The fraction of sp³-hybridized carbons (Fsp3) is 0.600. The monoisotopic (exact) mass is 217 g/mol. The van der Waals surface area contributed by atoms with E-state index in [-0.39, 0.29) is 0 Å². The summed E-state index contributed by atoms with van der Waals surface area (Å²) in [4.78, 5) is 0. The van der Waals surface area contributed by atoms with Gasteiger partial charge >= 0.3 is 0 Å². The minimum atomic E-state index is 0.544. The molecule has 16 heavy (non-hydrogen) atoms. The quantitative estimate of drug-likeness (QED) is 0.798. The number of rotatable bonds is 5. The van der Waals surface area contributed by atoms with Gasteiger partial charge in [-0.25, -0.2) is 0 Å². The molecule has 0 spiro atoms. The van der Waals surface area contributed by atoms with Crippen LogP contribution in [-0.2, 0) is 12.8 Å². The number of hydrogen-bond acceptors (Lipinski definition) is 1. The van der Waals surface area contributed by atoms with Crippen LogP contribution < -0.4 is 5.32 Å². The van der Waals surface area contributed by atoms with E-state index in [0.717, 1.165) is 6.42 Å². The van der Waals surface area contributed by atoms with E-state index in [2.05, 4.69) is 50.5 Å². The summed E-state index contributed by atoms with van der Waals surface area (Å²) >= 11 is 0. The Hall–Kier alpha value is -0.820. The van der Waals surface area contributed by atoms with Crippen LogP contribution in [0.5, 0.6) is 0 Å². The Labute approximate surface area is 99.3 Å². The highest BCUT2D eigenvalue weighted by atomic mass is 14.9. The molecule has 1 nitrogen and oxygen atoms in total. The zero-order valence-corrected chi connectivity index (χ0v) is 10.7. The maximum absolute atomic E-state index is 3.41. The molecule has 0 saturated heterocycles. The summed E-state index contributed by atoms with van der Waals surface area (Å²) in [5, 5.41) is 3.41. The summed E-state index contributed by atoms with van der Waals surface area (Å²) in [7, 11) is 2.07. The highest BCUT2D eigenvalue weighted by molar-refractivity contribution is 5.25. The first-order chi connectivity index (χ1) is 7.70. The number of nitrogens with one attached hydrogen (secondary N) is 1. The van der Waals surface area contributed by atoms with Gasteiger partial charge in [0.1, 0.15) is 0 Å². The van der Waals surface area contributed by atoms with E-state index >= 15 is 0 Å². The van der Waals surface area contributed by atoms with Crippen LogP contribution in [0.3, 0.4) is 0 Å². The average Bonchev–Trinajstić information content (AvgIpc) is 3.10. The molecule has 1 fully saturated rings. The number of hydrogen-bond donors (Lipinski definition) is 1. The van der Waals surface area contributed by atoms with Crippen molar-refractivity contribution in [1.29, 1.82) is 0 Å². The van der Waals surface area contributed by atoms with Crippen molar-refractivity contribution in [2.24, 2.45) is 5.41 Å². The van der Waals surface area contributed by atoms with E-state index in [1.54, 1.807) is 0 Å². The molecule has 1 unspecified atom stereocenters. The van der Waals surface area contributed by atoms with E-state index in [0.29, 0.717) is 11.5 Å². The van der Waals surface area contributed by atoms with E-state index < -0.39 is 0 Å². The van der Waals surface area contributed by atoms with Crippen LogP contribution in [0.15, 0.2) is 24.3 Å². The molecule has 1 aliphatic carbocycles. The molecule has 0 amide bonds. The zero-order chi connectivity index (χ0) is 11.6. The fourth-order valence-electron chi connectivity index (χ4n) is 2.53. The molecule has 0 radical (unpaired) electrons. The lowest BCUT2D eigenvalue weighted by Crippen LogP contribution is -2.33. The van der Waals surface area contributed by atoms with Crippen molar-refractivity contribution in [3.05, 3.63) is 35.4 Å². The van der Waals surface area contributed by atoms with Crippen LogP contribution in [-0.4, -0.2) is 13.1 Å². The van der Waals surface area contributed by atoms with Crippen LogP contribution in [0, 0.1) is 5.41 Å². The summed E-state index contributed by atoms with van der Waals surface area (Å²) < 4.78 is 0. The Morgan fingerprint density at radius 1 is 1.19 bits per heavy atom. The molecular formula is C15H23N. The molecule has 0 heterocycles. The third-order valence-corrected chi connectivity index (χ3v) is 4.23. The van der Waals surface area contributed by atoms with E-state index in [4.69, 9.17) is 0 Å². The Bertz CT molecular complexity index is 335. The SMILES string of the molecule is CCc1ccc(CC2(C(C)NC)CC2)cc1. The van der Waals surface area contributed by atoms with Crippen LogP contribution >= 0.6 is 0 Å². The molecule has 1 saturated carbocycles. The minimum absolute atomic E-state index is 0.544. The maximum Gasteiger partial charge on any atom is 0.00953 e. The third-order valence-electron chi connectivity index (χ3n) is 4.23. The predicted molar refractivity (Wildman–Crippen MR) is 69.7 cm³/mol. The van der Waals surface area contributed by atoms with Crippen molar-refractivity contribution in [3.8, 4) is 0 Å². The molecule has 0 aromatic heterocycles. The van der Waals surface area contributed by atoms with Crippen molar-refractivity contribution < 1.29 is 0 Å². The second-order valence-corrected chi connectivity index (χ2v) is 5.22. The van der Waals surface area contributed by atoms with Gasteiger partial charge in [0, 0.05) is 6.04 Å². The molecule has 1 aromatic rings. The van der Waals surface area contributed by atoms with Crippen LogP contribution in [0.25, 0.3) is 0 Å². The van der Waals surface area contributed by atoms with E-state index in [1.807, 2.05) is 0 Å².